The van der Waals surface area contributed by atoms with Crippen LogP contribution in [-0.4, -0.2) is 33.0 Å². The fourth-order valence-corrected chi connectivity index (χ4v) is 2.31. The maximum absolute atomic E-state index is 12.5. The van der Waals surface area contributed by atoms with E-state index in [0.717, 1.165) is 11.3 Å². The average Bonchev–Trinajstić information content (AvgIpc) is 2.59. The number of carbonyl (C=O) groups excluding carboxylic acids is 1. The van der Waals surface area contributed by atoms with Gasteiger partial charge in [0.05, 0.1) is 11.3 Å². The number of benzene rings is 1. The summed E-state index contributed by atoms with van der Waals surface area (Å²) in [5, 5.41) is 14.9. The van der Waals surface area contributed by atoms with Crippen LogP contribution in [0.5, 0.6) is 0 Å². The van der Waals surface area contributed by atoms with Crippen molar-refractivity contribution in [1.29, 1.82) is 0 Å². The largest absolute Gasteiger partial charge is 0.479 e. The quantitative estimate of drug-likeness (QED) is 0.659. The summed E-state index contributed by atoms with van der Waals surface area (Å²) in [4.78, 5) is 32.4. The van der Waals surface area contributed by atoms with Gasteiger partial charge in [-0.15, -0.1) is 0 Å². The lowest BCUT2D eigenvalue weighted by Crippen LogP contribution is -2.40. The highest BCUT2D eigenvalue weighted by atomic mass is 16.4. The molecule has 1 heterocycles. The molecule has 0 unspecified atom stereocenters. The van der Waals surface area contributed by atoms with Gasteiger partial charge in [-0.25, -0.2) is 14.8 Å². The Bertz CT molecular complexity index is 884. The molecule has 0 bridgehead atoms. The number of hydrogen-bond donors (Lipinski definition) is 3. The Kier molecular flexibility index (Phi) is 6.51. The molecule has 1 atom stereocenters. The summed E-state index contributed by atoms with van der Waals surface area (Å²) in [6, 6.07) is 6.63. The van der Waals surface area contributed by atoms with Gasteiger partial charge in [-0.3, -0.25) is 4.79 Å². The Morgan fingerprint density at radius 1 is 1.14 bits per heavy atom. The monoisotopic (exact) mass is 382 g/mol. The van der Waals surface area contributed by atoms with Crippen molar-refractivity contribution >= 4 is 23.5 Å². The van der Waals surface area contributed by atoms with Gasteiger partial charge in [-0.05, 0) is 31.4 Å². The average molecular weight is 382 g/mol. The first kappa shape index (κ1) is 21.1. The van der Waals surface area contributed by atoms with Crippen LogP contribution < -0.4 is 10.6 Å². The molecule has 0 spiro atoms. The molecule has 7 heteroatoms. The van der Waals surface area contributed by atoms with E-state index in [-0.39, 0.29) is 11.0 Å². The van der Waals surface area contributed by atoms with Gasteiger partial charge in [0, 0.05) is 11.9 Å². The molecule has 0 aliphatic carbocycles. The Hall–Kier alpha value is -3.22. The summed E-state index contributed by atoms with van der Waals surface area (Å²) in [5.74, 6) is -1.31. The molecule has 1 aromatic carbocycles. The van der Waals surface area contributed by atoms with Crippen LogP contribution in [0.3, 0.4) is 0 Å². The van der Waals surface area contributed by atoms with E-state index in [1.165, 1.54) is 12.3 Å². The number of rotatable bonds is 6. The summed E-state index contributed by atoms with van der Waals surface area (Å²) in [7, 11) is 0. The molecule has 0 fully saturated rings. The van der Waals surface area contributed by atoms with Crippen molar-refractivity contribution in [2.45, 2.75) is 40.7 Å². The predicted octanol–water partition coefficient (Wildman–Crippen LogP) is 3.62. The van der Waals surface area contributed by atoms with Crippen LogP contribution in [0.4, 0.5) is 11.6 Å². The number of anilines is 2. The highest BCUT2D eigenvalue weighted by Gasteiger charge is 2.21. The number of carboxylic acid groups (broad SMARTS) is 1. The number of aryl methyl sites for hydroxylation is 2. The summed E-state index contributed by atoms with van der Waals surface area (Å²) in [5.41, 5.74) is 2.46. The van der Waals surface area contributed by atoms with Crippen LogP contribution >= 0.6 is 0 Å². The molecule has 28 heavy (non-hydrogen) atoms. The van der Waals surface area contributed by atoms with Crippen molar-refractivity contribution in [3.8, 4) is 0 Å². The van der Waals surface area contributed by atoms with E-state index >= 15 is 0 Å². The van der Waals surface area contributed by atoms with Gasteiger partial charge >= 0.3 is 5.97 Å². The third-order valence-electron chi connectivity index (χ3n) is 3.87. The van der Waals surface area contributed by atoms with Gasteiger partial charge in [0.25, 0.3) is 5.91 Å². The number of allylic oxidation sites excluding steroid dienone is 1. The Morgan fingerprint density at radius 3 is 2.32 bits per heavy atom. The molecule has 1 amide bonds. The highest BCUT2D eigenvalue weighted by molar-refractivity contribution is 5.97. The molecule has 1 aromatic heterocycles. The van der Waals surface area contributed by atoms with Gasteiger partial charge in [0.15, 0.2) is 0 Å². The third-order valence-corrected chi connectivity index (χ3v) is 3.87. The van der Waals surface area contributed by atoms with E-state index in [4.69, 9.17) is 0 Å². The van der Waals surface area contributed by atoms with Crippen LogP contribution in [0, 0.1) is 19.3 Å². The first-order valence-corrected chi connectivity index (χ1v) is 8.95. The first-order chi connectivity index (χ1) is 13.0. The summed E-state index contributed by atoms with van der Waals surface area (Å²) in [6.45, 7) is 9.52. The minimum atomic E-state index is -1.13. The molecule has 0 saturated carbocycles. The zero-order valence-electron chi connectivity index (χ0n) is 16.8. The molecule has 0 radical (unpaired) electrons. The normalized spacial score (nSPS) is 12.6. The highest BCUT2D eigenvalue weighted by Crippen LogP contribution is 2.16. The van der Waals surface area contributed by atoms with Crippen LogP contribution in [0.15, 0.2) is 42.6 Å². The van der Waals surface area contributed by atoms with Gasteiger partial charge in [-0.1, -0.05) is 50.6 Å². The maximum Gasteiger partial charge on any atom is 0.330 e. The summed E-state index contributed by atoms with van der Waals surface area (Å²) < 4.78 is 0. The lowest BCUT2D eigenvalue weighted by molar-refractivity contribution is -0.137. The molecule has 0 aliphatic heterocycles. The third kappa shape index (κ3) is 6.19. The van der Waals surface area contributed by atoms with Gasteiger partial charge in [-0.2, -0.15) is 0 Å². The number of carbonyl (C=O) groups is 2. The molecule has 148 valence electrons. The van der Waals surface area contributed by atoms with E-state index in [2.05, 4.69) is 20.6 Å². The van der Waals surface area contributed by atoms with E-state index in [9.17, 15) is 14.7 Å². The Morgan fingerprint density at radius 2 is 1.79 bits per heavy atom. The topological polar surface area (TPSA) is 104 Å². The summed E-state index contributed by atoms with van der Waals surface area (Å²) in [6.07, 6.45) is 4.62. The van der Waals surface area contributed by atoms with Crippen molar-refractivity contribution in [2.75, 3.05) is 5.32 Å². The van der Waals surface area contributed by atoms with Crippen molar-refractivity contribution in [2.24, 2.45) is 5.41 Å². The lowest BCUT2D eigenvalue weighted by atomic mass is 9.95. The zero-order chi connectivity index (χ0) is 20.9. The van der Waals surface area contributed by atoms with Gasteiger partial charge in [0.1, 0.15) is 6.04 Å². The second kappa shape index (κ2) is 8.65. The van der Waals surface area contributed by atoms with Crippen LogP contribution in [0.1, 0.15) is 42.4 Å². The fraction of sp³-hybridized carbons (Fsp3) is 0.333. The van der Waals surface area contributed by atoms with Crippen LogP contribution in [0.25, 0.3) is 0 Å². The van der Waals surface area contributed by atoms with Gasteiger partial charge in [0.2, 0.25) is 5.95 Å². The number of amides is 1. The lowest BCUT2D eigenvalue weighted by Gasteiger charge is -2.15. The van der Waals surface area contributed by atoms with Crippen LogP contribution in [0.2, 0.25) is 0 Å². The molecular weight excluding hydrogens is 356 g/mol. The number of carboxylic acids is 1. The maximum atomic E-state index is 12.5. The number of hydrogen-bond acceptors (Lipinski definition) is 5. The number of nitrogens with one attached hydrogen (secondary N) is 2. The number of nitrogens with zero attached hydrogens (tertiary/aromatic N) is 2. The number of aromatic nitrogens is 2. The first-order valence-electron chi connectivity index (χ1n) is 8.95. The van der Waals surface area contributed by atoms with Crippen molar-refractivity contribution in [3.63, 3.8) is 0 Å². The molecular formula is C21H26N4O3. The van der Waals surface area contributed by atoms with Crippen LogP contribution in [-0.2, 0) is 4.79 Å². The molecule has 2 rings (SSSR count). The minimum absolute atomic E-state index is 0.194. The van der Waals surface area contributed by atoms with Crippen molar-refractivity contribution in [1.82, 2.24) is 15.3 Å². The Labute approximate surface area is 164 Å². The van der Waals surface area contributed by atoms with E-state index in [1.54, 1.807) is 13.0 Å². The van der Waals surface area contributed by atoms with Crippen molar-refractivity contribution < 1.29 is 14.7 Å². The second-order valence-electron chi connectivity index (χ2n) is 7.70. The Balaban J connectivity index is 2.13. The predicted molar refractivity (Wildman–Crippen MR) is 109 cm³/mol. The minimum Gasteiger partial charge on any atom is -0.479 e. The molecule has 3 N–H and O–H groups in total. The SMILES string of the molecule is Cc1ccc(Nc2ncc(C(=O)N[C@H](/C=C/C(C)(C)C)C(=O)O)c(C)n2)cc1. The standard InChI is InChI=1S/C21H26N4O3/c1-13-6-8-15(9-7-13)24-20-22-12-16(14(2)23-20)18(26)25-17(19(27)28)10-11-21(3,4)5/h6-12,17H,1-5H3,(H,25,26)(H,27,28)(H,22,23,24)/b11-10+/t17-/m1/s1. The second-order valence-corrected chi connectivity index (χ2v) is 7.70. The molecule has 0 saturated heterocycles. The fourth-order valence-electron chi connectivity index (χ4n) is 2.31. The van der Waals surface area contributed by atoms with E-state index < -0.39 is 17.9 Å². The smallest absolute Gasteiger partial charge is 0.330 e. The van der Waals surface area contributed by atoms with E-state index in [1.807, 2.05) is 52.0 Å². The molecule has 2 aromatic rings. The number of aliphatic carboxylic acids is 1. The molecule has 7 nitrogen and oxygen atoms in total. The van der Waals surface area contributed by atoms with Gasteiger partial charge < -0.3 is 15.7 Å². The van der Waals surface area contributed by atoms with Crippen molar-refractivity contribution in [3.05, 3.63) is 59.4 Å². The zero-order valence-corrected chi connectivity index (χ0v) is 16.8. The molecule has 0 aliphatic rings. The summed E-state index contributed by atoms with van der Waals surface area (Å²) >= 11 is 0. The van der Waals surface area contributed by atoms with E-state index in [0.29, 0.717) is 11.6 Å².